The molecule has 2 aliphatic heterocycles. The molecule has 0 spiro atoms. The van der Waals surface area contributed by atoms with E-state index in [1.165, 1.54) is 11.1 Å². The van der Waals surface area contributed by atoms with Gasteiger partial charge in [-0.3, -0.25) is 19.6 Å². The molecule has 234 valence electrons. The molecule has 6 rings (SSSR count). The molecule has 0 unspecified atom stereocenters. The number of carbonyl (C=O) groups is 2. The standard InChI is InChI=1S/C34H41BrClN5O3/c1-34(2,3)44-33(43)41-16-15-39(22-29(41)32(42)40-14-6-7-23(21-40)20-38-12-4-5-13-38)31-28-11-10-27(36)18-24(28)8-9-25-17-26(35)19-37-30(25)31/h4-5,10-13,17-19,23,29,31H,6-9,14-16,20-22H2,1-3H3/t23-,29+,31+/m0/s1. The van der Waals surface area contributed by atoms with Gasteiger partial charge in [0.15, 0.2) is 0 Å². The normalized spacial score (nSPS) is 22.6. The van der Waals surface area contributed by atoms with Crippen LogP contribution in [0.5, 0.6) is 0 Å². The molecule has 10 heteroatoms. The van der Waals surface area contributed by atoms with E-state index in [4.69, 9.17) is 21.3 Å². The number of pyridine rings is 1. The first-order valence-electron chi connectivity index (χ1n) is 15.6. The molecule has 4 heterocycles. The van der Waals surface area contributed by atoms with Crippen LogP contribution >= 0.6 is 27.5 Å². The molecule has 2 saturated heterocycles. The van der Waals surface area contributed by atoms with Gasteiger partial charge in [0.05, 0.1) is 11.7 Å². The molecule has 2 amide bonds. The zero-order valence-corrected chi connectivity index (χ0v) is 28.1. The van der Waals surface area contributed by atoms with Crippen molar-refractivity contribution in [2.24, 2.45) is 5.92 Å². The highest BCUT2D eigenvalue weighted by Gasteiger charge is 2.43. The highest BCUT2D eigenvalue weighted by atomic mass is 79.9. The third-order valence-electron chi connectivity index (χ3n) is 8.95. The summed E-state index contributed by atoms with van der Waals surface area (Å²) in [5.41, 5.74) is 3.86. The van der Waals surface area contributed by atoms with Gasteiger partial charge in [0.2, 0.25) is 5.91 Å². The lowest BCUT2D eigenvalue weighted by Crippen LogP contribution is -2.63. The number of likely N-dealkylation sites (tertiary alicyclic amines) is 1. The lowest BCUT2D eigenvalue weighted by Gasteiger charge is -2.46. The number of amides is 2. The molecule has 3 aliphatic rings. The van der Waals surface area contributed by atoms with Gasteiger partial charge in [0, 0.05) is 67.4 Å². The molecule has 0 saturated carbocycles. The van der Waals surface area contributed by atoms with Crippen LogP contribution in [-0.4, -0.2) is 80.6 Å². The molecule has 2 fully saturated rings. The van der Waals surface area contributed by atoms with E-state index < -0.39 is 17.7 Å². The van der Waals surface area contributed by atoms with Crippen molar-refractivity contribution in [1.29, 1.82) is 0 Å². The Hall–Kier alpha value is -2.88. The molecule has 3 atom stereocenters. The fourth-order valence-electron chi connectivity index (χ4n) is 6.99. The van der Waals surface area contributed by atoms with Crippen LogP contribution in [0.1, 0.15) is 62.0 Å². The van der Waals surface area contributed by atoms with Crippen molar-refractivity contribution in [3.05, 3.63) is 86.9 Å². The second kappa shape index (κ2) is 12.9. The fourth-order valence-corrected chi connectivity index (χ4v) is 7.56. The first-order valence-corrected chi connectivity index (χ1v) is 16.8. The summed E-state index contributed by atoms with van der Waals surface area (Å²) in [6.07, 6.45) is 9.30. The third kappa shape index (κ3) is 6.85. The number of piperazine rings is 1. The summed E-state index contributed by atoms with van der Waals surface area (Å²) in [5.74, 6) is 0.356. The number of fused-ring (bicyclic) bond motifs is 2. The Morgan fingerprint density at radius 1 is 1.05 bits per heavy atom. The summed E-state index contributed by atoms with van der Waals surface area (Å²) in [6, 6.07) is 11.5. The molecule has 0 radical (unpaired) electrons. The minimum absolute atomic E-state index is 0.00768. The van der Waals surface area contributed by atoms with Gasteiger partial charge in [-0.25, -0.2) is 4.79 Å². The second-order valence-corrected chi connectivity index (χ2v) is 14.7. The van der Waals surface area contributed by atoms with Crippen molar-refractivity contribution < 1.29 is 14.3 Å². The second-order valence-electron chi connectivity index (χ2n) is 13.3. The van der Waals surface area contributed by atoms with Crippen LogP contribution in [0.2, 0.25) is 5.02 Å². The van der Waals surface area contributed by atoms with Gasteiger partial charge >= 0.3 is 6.09 Å². The SMILES string of the molecule is CC(C)(C)OC(=O)N1CCN([C@@H]2c3ccc(Cl)cc3CCc3cc(Br)cnc32)C[C@@H]1C(=O)N1CCC[C@@H](Cn2cccc2)C1. The highest BCUT2D eigenvalue weighted by molar-refractivity contribution is 9.10. The van der Waals surface area contributed by atoms with Crippen molar-refractivity contribution in [1.82, 2.24) is 24.3 Å². The predicted octanol–water partition coefficient (Wildman–Crippen LogP) is 6.35. The molecule has 0 N–H and O–H groups in total. The Balaban J connectivity index is 1.32. The molecule has 8 nitrogen and oxygen atoms in total. The zero-order valence-electron chi connectivity index (χ0n) is 25.7. The number of rotatable bonds is 4. The molecule has 2 aromatic heterocycles. The van der Waals surface area contributed by atoms with E-state index >= 15 is 0 Å². The van der Waals surface area contributed by atoms with Gasteiger partial charge < -0.3 is 14.2 Å². The fraction of sp³-hybridized carbons (Fsp3) is 0.500. The summed E-state index contributed by atoms with van der Waals surface area (Å²) >= 11 is 10.1. The van der Waals surface area contributed by atoms with Crippen LogP contribution in [-0.2, 0) is 28.9 Å². The first kappa shape index (κ1) is 31.1. The number of carbonyl (C=O) groups excluding carboxylic acids is 2. The maximum absolute atomic E-state index is 14.5. The number of nitrogens with zero attached hydrogens (tertiary/aromatic N) is 5. The molecular formula is C34H41BrClN5O3. The Morgan fingerprint density at radius 3 is 2.59 bits per heavy atom. The van der Waals surface area contributed by atoms with Crippen LogP contribution in [0.15, 0.2) is 59.5 Å². The van der Waals surface area contributed by atoms with Crippen molar-refractivity contribution in [3.8, 4) is 0 Å². The lowest BCUT2D eigenvalue weighted by atomic mass is 9.94. The number of halogens is 2. The van der Waals surface area contributed by atoms with Crippen LogP contribution < -0.4 is 0 Å². The monoisotopic (exact) mass is 681 g/mol. The third-order valence-corrected chi connectivity index (χ3v) is 9.62. The molecule has 3 aromatic rings. The van der Waals surface area contributed by atoms with Gasteiger partial charge in [0.25, 0.3) is 0 Å². The molecule has 1 aromatic carbocycles. The topological polar surface area (TPSA) is 70.9 Å². The maximum Gasteiger partial charge on any atom is 0.411 e. The van der Waals surface area contributed by atoms with Gasteiger partial charge in [0.1, 0.15) is 11.6 Å². The summed E-state index contributed by atoms with van der Waals surface area (Å²) in [7, 11) is 0. The van der Waals surface area contributed by atoms with E-state index in [2.05, 4.69) is 56.0 Å². The average molecular weight is 683 g/mol. The molecule has 1 aliphatic carbocycles. The highest BCUT2D eigenvalue weighted by Crippen LogP contribution is 2.39. The number of benzene rings is 1. The maximum atomic E-state index is 14.5. The smallest absolute Gasteiger partial charge is 0.411 e. The Kier molecular flexibility index (Phi) is 9.09. The Morgan fingerprint density at radius 2 is 1.82 bits per heavy atom. The van der Waals surface area contributed by atoms with Gasteiger partial charge in [-0.05, 0) is 115 Å². The Labute approximate surface area is 273 Å². The summed E-state index contributed by atoms with van der Waals surface area (Å²) in [5, 5.41) is 0.713. The van der Waals surface area contributed by atoms with E-state index in [1.807, 2.05) is 50.1 Å². The van der Waals surface area contributed by atoms with Gasteiger partial charge in [-0.15, -0.1) is 0 Å². The van der Waals surface area contributed by atoms with Crippen molar-refractivity contribution in [3.63, 3.8) is 0 Å². The summed E-state index contributed by atoms with van der Waals surface area (Å²) in [4.78, 5) is 39.0. The number of aromatic nitrogens is 2. The minimum atomic E-state index is -0.665. The van der Waals surface area contributed by atoms with Crippen LogP contribution in [0.3, 0.4) is 0 Å². The van der Waals surface area contributed by atoms with Crippen molar-refractivity contribution >= 4 is 39.5 Å². The first-order chi connectivity index (χ1) is 21.1. The summed E-state index contributed by atoms with van der Waals surface area (Å²) in [6.45, 7) is 9.21. The van der Waals surface area contributed by atoms with Gasteiger partial charge in [-0.1, -0.05) is 17.7 Å². The van der Waals surface area contributed by atoms with Crippen molar-refractivity contribution in [2.45, 2.75) is 70.7 Å². The lowest BCUT2D eigenvalue weighted by molar-refractivity contribution is -0.141. The van der Waals surface area contributed by atoms with E-state index in [1.54, 1.807) is 4.90 Å². The number of hydrogen-bond donors (Lipinski definition) is 0. The zero-order chi connectivity index (χ0) is 31.0. The van der Waals surface area contributed by atoms with E-state index in [0.29, 0.717) is 43.7 Å². The molecule has 44 heavy (non-hydrogen) atoms. The van der Waals surface area contributed by atoms with Gasteiger partial charge in [-0.2, -0.15) is 0 Å². The van der Waals surface area contributed by atoms with E-state index in [-0.39, 0.29) is 11.9 Å². The van der Waals surface area contributed by atoms with Crippen molar-refractivity contribution in [2.75, 3.05) is 32.7 Å². The van der Waals surface area contributed by atoms with E-state index in [9.17, 15) is 9.59 Å². The number of ether oxygens (including phenoxy) is 1. The van der Waals surface area contributed by atoms with E-state index in [0.717, 1.165) is 48.0 Å². The van der Waals surface area contributed by atoms with Crippen LogP contribution in [0.4, 0.5) is 4.79 Å². The largest absolute Gasteiger partial charge is 0.444 e. The average Bonchev–Trinajstić information content (AvgIpc) is 3.44. The summed E-state index contributed by atoms with van der Waals surface area (Å²) < 4.78 is 8.97. The minimum Gasteiger partial charge on any atom is -0.444 e. The quantitative estimate of drug-likeness (QED) is 0.321. The molecular weight excluding hydrogens is 642 g/mol. The number of piperidine rings is 1. The Bertz CT molecular complexity index is 1450. The number of hydrogen-bond acceptors (Lipinski definition) is 5. The molecule has 0 bridgehead atoms. The number of aryl methyl sites for hydroxylation is 2. The van der Waals surface area contributed by atoms with Crippen LogP contribution in [0, 0.1) is 5.92 Å². The van der Waals surface area contributed by atoms with Crippen LogP contribution in [0.25, 0.3) is 0 Å². The predicted molar refractivity (Wildman–Crippen MR) is 175 cm³/mol.